The molecular weight excluding hydrogens is 388 g/mol. The Labute approximate surface area is 178 Å². The predicted octanol–water partition coefficient (Wildman–Crippen LogP) is 4.87. The van der Waals surface area contributed by atoms with Gasteiger partial charge in [-0.1, -0.05) is 25.3 Å². The molecule has 0 amide bonds. The molecule has 30 heavy (non-hydrogen) atoms. The first-order valence-electron chi connectivity index (χ1n) is 9.91. The molecule has 0 aliphatic carbocycles. The van der Waals surface area contributed by atoms with Crippen molar-refractivity contribution in [1.29, 1.82) is 0 Å². The summed E-state index contributed by atoms with van der Waals surface area (Å²) in [7, 11) is 0. The third kappa shape index (κ3) is 12.0. The number of hydrogen-bond donors (Lipinski definition) is 2. The highest BCUT2D eigenvalue weighted by Gasteiger charge is 2.32. The number of ether oxygens (including phenoxy) is 1. The fraction of sp³-hybridized carbons (Fsp3) is 0.545. The van der Waals surface area contributed by atoms with Gasteiger partial charge in [-0.2, -0.15) is 0 Å². The number of nitro benzene ring substituents is 1. The normalized spacial score (nSPS) is 12.7. The van der Waals surface area contributed by atoms with Gasteiger partial charge < -0.3 is 15.6 Å². The van der Waals surface area contributed by atoms with Crippen LogP contribution in [0.2, 0.25) is 0 Å². The molecule has 0 aliphatic heterocycles. The van der Waals surface area contributed by atoms with Crippen LogP contribution >= 0.6 is 0 Å². The Balaban J connectivity index is 0.000000604. The molecule has 1 atom stereocenters. The molecular formula is C22H34N2O6. The number of carbonyl (C=O) groups excluding carboxylic acids is 1. The van der Waals surface area contributed by atoms with Gasteiger partial charge in [0, 0.05) is 12.1 Å². The Morgan fingerprint density at radius 2 is 1.67 bits per heavy atom. The zero-order valence-corrected chi connectivity index (χ0v) is 18.3. The Kier molecular flexibility index (Phi) is 11.6. The summed E-state index contributed by atoms with van der Waals surface area (Å²) >= 11 is 0. The fourth-order valence-corrected chi connectivity index (χ4v) is 2.36. The van der Waals surface area contributed by atoms with E-state index >= 15 is 0 Å². The molecule has 0 spiro atoms. The molecule has 8 nitrogen and oxygen atoms in total. The summed E-state index contributed by atoms with van der Waals surface area (Å²) < 4.78 is 5.32. The fourth-order valence-electron chi connectivity index (χ4n) is 2.36. The Bertz CT molecular complexity index is 672. The van der Waals surface area contributed by atoms with E-state index in [2.05, 4.69) is 6.58 Å². The van der Waals surface area contributed by atoms with Crippen molar-refractivity contribution in [1.82, 2.24) is 0 Å². The number of unbranched alkanes of at least 4 members (excludes halogenated alkanes) is 4. The number of benzene rings is 1. The standard InChI is InChI=1S/C15H29NO2.C7H5NO4/c1-6-7-8-9-10-11-12-15(5,16)13(17)18-14(2,3)4;9-7(10)5-1-3-6(4-2-5)8(11)12/h6H,1,7-12,16H2,2-5H3;1-4H,(H,9,10)/t15-;/m0./s1. The molecule has 0 saturated carbocycles. The average molecular weight is 423 g/mol. The smallest absolute Gasteiger partial charge is 0.335 e. The minimum absolute atomic E-state index is 0.0422. The predicted molar refractivity (Wildman–Crippen MR) is 116 cm³/mol. The molecule has 0 saturated heterocycles. The minimum Gasteiger partial charge on any atom is -0.478 e. The molecule has 0 fully saturated rings. The van der Waals surface area contributed by atoms with Crippen LogP contribution in [0.4, 0.5) is 5.69 Å². The Morgan fingerprint density at radius 3 is 2.10 bits per heavy atom. The lowest BCUT2D eigenvalue weighted by Gasteiger charge is -2.28. The number of nitro groups is 1. The van der Waals surface area contributed by atoms with Crippen LogP contribution in [0.5, 0.6) is 0 Å². The summed E-state index contributed by atoms with van der Waals surface area (Å²) in [6.07, 6.45) is 8.07. The van der Waals surface area contributed by atoms with E-state index in [1.165, 1.54) is 12.1 Å². The average Bonchev–Trinajstić information content (AvgIpc) is 2.63. The minimum atomic E-state index is -1.09. The topological polar surface area (TPSA) is 133 Å². The Morgan fingerprint density at radius 1 is 1.13 bits per heavy atom. The van der Waals surface area contributed by atoms with E-state index < -0.39 is 22.0 Å². The molecule has 8 heteroatoms. The van der Waals surface area contributed by atoms with Gasteiger partial charge in [0.25, 0.3) is 5.69 Å². The van der Waals surface area contributed by atoms with Gasteiger partial charge in [-0.3, -0.25) is 14.9 Å². The summed E-state index contributed by atoms with van der Waals surface area (Å²) in [5.41, 5.74) is 4.61. The van der Waals surface area contributed by atoms with E-state index in [1.807, 2.05) is 26.8 Å². The number of non-ortho nitro benzene ring substituents is 1. The lowest BCUT2D eigenvalue weighted by Crippen LogP contribution is -2.48. The monoisotopic (exact) mass is 422 g/mol. The molecule has 0 aliphatic rings. The zero-order valence-electron chi connectivity index (χ0n) is 18.3. The molecule has 168 valence electrons. The van der Waals surface area contributed by atoms with Gasteiger partial charge in [0.05, 0.1) is 10.5 Å². The second-order valence-corrected chi connectivity index (χ2v) is 8.27. The van der Waals surface area contributed by atoms with E-state index in [0.717, 1.165) is 44.2 Å². The first-order chi connectivity index (χ1) is 13.8. The highest BCUT2D eigenvalue weighted by Crippen LogP contribution is 2.18. The number of nitrogens with zero attached hydrogens (tertiary/aromatic N) is 1. The number of nitrogens with two attached hydrogens (primary N) is 1. The maximum Gasteiger partial charge on any atom is 0.335 e. The molecule has 0 unspecified atom stereocenters. The second kappa shape index (κ2) is 12.7. The van der Waals surface area contributed by atoms with Crippen molar-refractivity contribution >= 4 is 17.6 Å². The van der Waals surface area contributed by atoms with Crippen molar-refractivity contribution in [2.75, 3.05) is 0 Å². The van der Waals surface area contributed by atoms with Gasteiger partial charge in [-0.25, -0.2) is 4.79 Å². The first-order valence-corrected chi connectivity index (χ1v) is 9.91. The van der Waals surface area contributed by atoms with Gasteiger partial charge >= 0.3 is 11.9 Å². The van der Waals surface area contributed by atoms with E-state index in [0.29, 0.717) is 6.42 Å². The SMILES string of the molecule is C=CCCCCCC[C@](C)(N)C(=O)OC(C)(C)C.O=C(O)c1ccc([N+](=O)[O-])cc1. The van der Waals surface area contributed by atoms with Crippen molar-refractivity contribution in [2.24, 2.45) is 5.73 Å². The van der Waals surface area contributed by atoms with Crippen molar-refractivity contribution in [3.63, 3.8) is 0 Å². The number of esters is 1. The van der Waals surface area contributed by atoms with Crippen molar-refractivity contribution in [2.45, 2.75) is 77.4 Å². The molecule has 0 heterocycles. The lowest BCUT2D eigenvalue weighted by atomic mass is 9.95. The number of rotatable bonds is 10. The maximum atomic E-state index is 11.9. The van der Waals surface area contributed by atoms with Crippen LogP contribution in [-0.4, -0.2) is 33.1 Å². The number of carboxylic acids is 1. The molecule has 0 aromatic heterocycles. The molecule has 0 radical (unpaired) electrons. The molecule has 3 N–H and O–H groups in total. The van der Waals surface area contributed by atoms with Gasteiger partial charge in [0.15, 0.2) is 0 Å². The number of hydrogen-bond acceptors (Lipinski definition) is 6. The largest absolute Gasteiger partial charge is 0.478 e. The maximum absolute atomic E-state index is 11.9. The zero-order chi connectivity index (χ0) is 23.4. The number of carboxylic acid groups (broad SMARTS) is 1. The van der Waals surface area contributed by atoms with Crippen LogP contribution in [-0.2, 0) is 9.53 Å². The van der Waals surface area contributed by atoms with Crippen LogP contribution in [0, 0.1) is 10.1 Å². The third-order valence-corrected chi connectivity index (χ3v) is 4.04. The van der Waals surface area contributed by atoms with Crippen molar-refractivity contribution < 1.29 is 24.4 Å². The molecule has 0 bridgehead atoms. The van der Waals surface area contributed by atoms with Crippen molar-refractivity contribution in [3.05, 3.63) is 52.6 Å². The molecule has 1 aromatic carbocycles. The van der Waals surface area contributed by atoms with Crippen LogP contribution in [0.15, 0.2) is 36.9 Å². The highest BCUT2D eigenvalue weighted by atomic mass is 16.6. The summed E-state index contributed by atoms with van der Waals surface area (Å²) in [5, 5.41) is 18.6. The highest BCUT2D eigenvalue weighted by molar-refractivity contribution is 5.87. The lowest BCUT2D eigenvalue weighted by molar-refractivity contribution is -0.384. The summed E-state index contributed by atoms with van der Waals surface area (Å²) in [4.78, 5) is 31.8. The van der Waals surface area contributed by atoms with Gasteiger partial charge in [-0.15, -0.1) is 6.58 Å². The van der Waals surface area contributed by atoms with E-state index in [1.54, 1.807) is 6.92 Å². The van der Waals surface area contributed by atoms with E-state index in [4.69, 9.17) is 15.6 Å². The summed E-state index contributed by atoms with van der Waals surface area (Å²) in [6.45, 7) is 11.0. The Hall–Kier alpha value is -2.74. The van der Waals surface area contributed by atoms with E-state index in [-0.39, 0.29) is 17.2 Å². The van der Waals surface area contributed by atoms with Crippen LogP contribution in [0.1, 0.15) is 76.6 Å². The number of carbonyl (C=O) groups is 2. The molecule has 1 aromatic rings. The number of allylic oxidation sites excluding steroid dienone is 1. The summed E-state index contributed by atoms with van der Waals surface area (Å²) in [6, 6.07) is 4.70. The third-order valence-electron chi connectivity index (χ3n) is 4.04. The van der Waals surface area contributed by atoms with Crippen LogP contribution in [0.25, 0.3) is 0 Å². The molecule has 1 rings (SSSR count). The second-order valence-electron chi connectivity index (χ2n) is 8.27. The van der Waals surface area contributed by atoms with E-state index in [9.17, 15) is 19.7 Å². The number of aromatic carboxylic acids is 1. The quantitative estimate of drug-likeness (QED) is 0.181. The van der Waals surface area contributed by atoms with Gasteiger partial charge in [0.1, 0.15) is 11.1 Å². The summed E-state index contributed by atoms with van der Waals surface area (Å²) in [5.74, 6) is -1.40. The van der Waals surface area contributed by atoms with Crippen LogP contribution in [0.3, 0.4) is 0 Å². The first kappa shape index (κ1) is 27.3. The van der Waals surface area contributed by atoms with Crippen molar-refractivity contribution in [3.8, 4) is 0 Å². The van der Waals surface area contributed by atoms with Gasteiger partial charge in [0.2, 0.25) is 0 Å². The van der Waals surface area contributed by atoms with Gasteiger partial charge in [-0.05, 0) is 59.1 Å². The van der Waals surface area contributed by atoms with Crippen LogP contribution < -0.4 is 5.73 Å².